The Labute approximate surface area is 63.4 Å². The molecule has 0 amide bonds. The number of nitrogens with one attached hydrogen (secondary N) is 2. The Bertz CT molecular complexity index is 93.3. The maximum absolute atomic E-state index is 3.39. The molecule has 1 aliphatic heterocycles. The monoisotopic (exact) mass is 142 g/mol. The molecule has 1 heterocycles. The SMILES string of the molecule is CCNCC1CNCC1C. The molecular formula is C8H18N2. The molecule has 0 radical (unpaired) electrons. The lowest BCUT2D eigenvalue weighted by Crippen LogP contribution is -2.26. The lowest BCUT2D eigenvalue weighted by molar-refractivity contribution is 0.425. The molecule has 1 saturated heterocycles. The molecule has 0 spiro atoms. The molecule has 0 bridgehead atoms. The quantitative estimate of drug-likeness (QED) is 0.598. The van der Waals surface area contributed by atoms with Crippen molar-refractivity contribution in [3.05, 3.63) is 0 Å². The summed E-state index contributed by atoms with van der Waals surface area (Å²) in [6, 6.07) is 0. The summed E-state index contributed by atoms with van der Waals surface area (Å²) in [6.45, 7) is 9.17. The van der Waals surface area contributed by atoms with E-state index in [4.69, 9.17) is 0 Å². The van der Waals surface area contributed by atoms with Crippen molar-refractivity contribution in [1.82, 2.24) is 10.6 Å². The second kappa shape index (κ2) is 3.94. The van der Waals surface area contributed by atoms with Gasteiger partial charge in [-0.2, -0.15) is 0 Å². The van der Waals surface area contributed by atoms with E-state index in [0.29, 0.717) is 0 Å². The Morgan fingerprint density at radius 2 is 2.30 bits per heavy atom. The van der Waals surface area contributed by atoms with Gasteiger partial charge < -0.3 is 10.6 Å². The van der Waals surface area contributed by atoms with Gasteiger partial charge in [0.2, 0.25) is 0 Å². The summed E-state index contributed by atoms with van der Waals surface area (Å²) in [7, 11) is 0. The first-order valence-corrected chi connectivity index (χ1v) is 4.26. The van der Waals surface area contributed by atoms with Crippen molar-refractivity contribution in [2.45, 2.75) is 13.8 Å². The average Bonchev–Trinajstić information content (AvgIpc) is 2.31. The molecule has 0 aromatic heterocycles. The van der Waals surface area contributed by atoms with E-state index in [-0.39, 0.29) is 0 Å². The molecule has 2 heteroatoms. The third kappa shape index (κ3) is 1.96. The highest BCUT2D eigenvalue weighted by atomic mass is 14.9. The third-order valence-corrected chi connectivity index (χ3v) is 2.33. The van der Waals surface area contributed by atoms with Crippen LogP contribution in [0.5, 0.6) is 0 Å². The molecule has 2 atom stereocenters. The Balaban J connectivity index is 2.14. The van der Waals surface area contributed by atoms with Crippen LogP contribution in [0.15, 0.2) is 0 Å². The van der Waals surface area contributed by atoms with Crippen molar-refractivity contribution in [3.8, 4) is 0 Å². The highest BCUT2D eigenvalue weighted by molar-refractivity contribution is 4.78. The molecular weight excluding hydrogens is 124 g/mol. The van der Waals surface area contributed by atoms with Crippen molar-refractivity contribution in [1.29, 1.82) is 0 Å². The predicted molar refractivity (Wildman–Crippen MR) is 44.1 cm³/mol. The van der Waals surface area contributed by atoms with Crippen molar-refractivity contribution in [3.63, 3.8) is 0 Å². The van der Waals surface area contributed by atoms with E-state index in [0.717, 1.165) is 18.4 Å². The van der Waals surface area contributed by atoms with Crippen LogP contribution in [-0.2, 0) is 0 Å². The second-order valence-electron chi connectivity index (χ2n) is 3.20. The van der Waals surface area contributed by atoms with E-state index in [9.17, 15) is 0 Å². The molecule has 2 unspecified atom stereocenters. The zero-order valence-electron chi connectivity index (χ0n) is 6.98. The Hall–Kier alpha value is -0.0800. The second-order valence-corrected chi connectivity index (χ2v) is 3.20. The molecule has 2 N–H and O–H groups in total. The minimum atomic E-state index is 0.860. The van der Waals surface area contributed by atoms with Gasteiger partial charge in [-0.25, -0.2) is 0 Å². The normalized spacial score (nSPS) is 33.0. The van der Waals surface area contributed by atoms with Crippen molar-refractivity contribution in [2.75, 3.05) is 26.2 Å². The van der Waals surface area contributed by atoms with Crippen LogP contribution in [0.3, 0.4) is 0 Å². The van der Waals surface area contributed by atoms with Gasteiger partial charge in [0, 0.05) is 0 Å². The van der Waals surface area contributed by atoms with Crippen molar-refractivity contribution in [2.24, 2.45) is 11.8 Å². The summed E-state index contributed by atoms with van der Waals surface area (Å²) >= 11 is 0. The van der Waals surface area contributed by atoms with Crippen LogP contribution in [0.4, 0.5) is 0 Å². The van der Waals surface area contributed by atoms with Crippen LogP contribution in [-0.4, -0.2) is 26.2 Å². The first kappa shape index (κ1) is 8.02. The molecule has 1 rings (SSSR count). The molecule has 0 saturated carbocycles. The van der Waals surface area contributed by atoms with Crippen molar-refractivity contribution >= 4 is 0 Å². The lowest BCUT2D eigenvalue weighted by Gasteiger charge is -2.13. The van der Waals surface area contributed by atoms with Crippen LogP contribution in [0, 0.1) is 11.8 Å². The van der Waals surface area contributed by atoms with Gasteiger partial charge in [-0.05, 0) is 38.0 Å². The first-order chi connectivity index (χ1) is 4.84. The molecule has 60 valence electrons. The van der Waals surface area contributed by atoms with Crippen LogP contribution in [0.25, 0.3) is 0 Å². The predicted octanol–water partition coefficient (Wildman–Crippen LogP) is 0.451. The molecule has 0 aromatic rings. The van der Waals surface area contributed by atoms with E-state index < -0.39 is 0 Å². The Morgan fingerprint density at radius 1 is 1.50 bits per heavy atom. The van der Waals surface area contributed by atoms with Gasteiger partial charge in [0.1, 0.15) is 0 Å². The largest absolute Gasteiger partial charge is 0.317 e. The van der Waals surface area contributed by atoms with E-state index in [1.807, 2.05) is 0 Å². The molecule has 1 aliphatic rings. The maximum Gasteiger partial charge on any atom is -0.000523 e. The fourth-order valence-electron chi connectivity index (χ4n) is 1.47. The number of rotatable bonds is 3. The standard InChI is InChI=1S/C8H18N2/c1-3-9-5-8-6-10-4-7(8)2/h7-10H,3-6H2,1-2H3. The number of hydrogen-bond donors (Lipinski definition) is 2. The minimum absolute atomic E-state index is 0.860. The van der Waals surface area contributed by atoms with Gasteiger partial charge in [-0.1, -0.05) is 13.8 Å². The zero-order chi connectivity index (χ0) is 7.40. The fraction of sp³-hybridized carbons (Fsp3) is 1.00. The van der Waals surface area contributed by atoms with Crippen LogP contribution in [0.2, 0.25) is 0 Å². The van der Waals surface area contributed by atoms with Gasteiger partial charge in [-0.3, -0.25) is 0 Å². The summed E-state index contributed by atoms with van der Waals surface area (Å²) in [5.41, 5.74) is 0. The lowest BCUT2D eigenvalue weighted by atomic mass is 9.98. The van der Waals surface area contributed by atoms with Gasteiger partial charge in [0.05, 0.1) is 0 Å². The van der Waals surface area contributed by atoms with E-state index in [1.165, 1.54) is 19.6 Å². The fourth-order valence-corrected chi connectivity index (χ4v) is 1.47. The Morgan fingerprint density at radius 3 is 2.80 bits per heavy atom. The molecule has 1 fully saturated rings. The van der Waals surface area contributed by atoms with Crippen LogP contribution in [0.1, 0.15) is 13.8 Å². The summed E-state index contributed by atoms with van der Waals surface area (Å²) in [6.07, 6.45) is 0. The summed E-state index contributed by atoms with van der Waals surface area (Å²) < 4.78 is 0. The highest BCUT2D eigenvalue weighted by Gasteiger charge is 2.21. The van der Waals surface area contributed by atoms with Gasteiger partial charge in [0.15, 0.2) is 0 Å². The molecule has 0 aromatic carbocycles. The topological polar surface area (TPSA) is 24.1 Å². The van der Waals surface area contributed by atoms with Gasteiger partial charge in [0.25, 0.3) is 0 Å². The molecule has 10 heavy (non-hydrogen) atoms. The maximum atomic E-state index is 3.39. The van der Waals surface area contributed by atoms with E-state index >= 15 is 0 Å². The zero-order valence-corrected chi connectivity index (χ0v) is 6.98. The van der Waals surface area contributed by atoms with E-state index in [2.05, 4.69) is 24.5 Å². The molecule has 2 nitrogen and oxygen atoms in total. The summed E-state index contributed by atoms with van der Waals surface area (Å²) in [4.78, 5) is 0. The minimum Gasteiger partial charge on any atom is -0.317 e. The highest BCUT2D eigenvalue weighted by Crippen LogP contribution is 2.13. The van der Waals surface area contributed by atoms with Crippen LogP contribution < -0.4 is 10.6 Å². The van der Waals surface area contributed by atoms with Crippen LogP contribution >= 0.6 is 0 Å². The van der Waals surface area contributed by atoms with Crippen molar-refractivity contribution < 1.29 is 0 Å². The smallest absolute Gasteiger partial charge is 0.000523 e. The third-order valence-electron chi connectivity index (χ3n) is 2.33. The molecule has 0 aliphatic carbocycles. The Kier molecular flexibility index (Phi) is 3.16. The number of hydrogen-bond acceptors (Lipinski definition) is 2. The van der Waals surface area contributed by atoms with Gasteiger partial charge >= 0.3 is 0 Å². The van der Waals surface area contributed by atoms with E-state index in [1.54, 1.807) is 0 Å². The first-order valence-electron chi connectivity index (χ1n) is 4.26. The summed E-state index contributed by atoms with van der Waals surface area (Å²) in [5.74, 6) is 1.72. The average molecular weight is 142 g/mol. The van der Waals surface area contributed by atoms with Gasteiger partial charge in [-0.15, -0.1) is 0 Å². The summed E-state index contributed by atoms with van der Waals surface area (Å²) in [5, 5.41) is 6.77.